The van der Waals surface area contributed by atoms with Gasteiger partial charge in [0.25, 0.3) is 0 Å². The minimum Gasteiger partial charge on any atom is -0.356 e. The SMILES string of the molecule is CCC(=O)NCCc1noc(C)n1. The standard InChI is InChI=1S/C8H13N3O2/c1-3-8(12)9-5-4-7-10-6(2)13-11-7/h3-5H2,1-2H3,(H,9,12). The number of nitrogens with zero attached hydrogens (tertiary/aromatic N) is 2. The topological polar surface area (TPSA) is 68.0 Å². The van der Waals surface area contributed by atoms with Crippen LogP contribution in [-0.2, 0) is 11.2 Å². The van der Waals surface area contributed by atoms with E-state index >= 15 is 0 Å². The minimum atomic E-state index is 0.0419. The first-order chi connectivity index (χ1) is 6.22. The van der Waals surface area contributed by atoms with Crippen LogP contribution in [0.1, 0.15) is 25.1 Å². The van der Waals surface area contributed by atoms with Gasteiger partial charge < -0.3 is 9.84 Å². The van der Waals surface area contributed by atoms with E-state index in [1.165, 1.54) is 0 Å². The molecule has 0 radical (unpaired) electrons. The van der Waals surface area contributed by atoms with Crippen molar-refractivity contribution in [3.8, 4) is 0 Å². The van der Waals surface area contributed by atoms with Crippen LogP contribution in [-0.4, -0.2) is 22.6 Å². The zero-order chi connectivity index (χ0) is 9.68. The zero-order valence-electron chi connectivity index (χ0n) is 7.83. The van der Waals surface area contributed by atoms with E-state index in [2.05, 4.69) is 15.5 Å². The lowest BCUT2D eigenvalue weighted by atomic mass is 10.4. The van der Waals surface area contributed by atoms with Gasteiger partial charge in [0.1, 0.15) is 0 Å². The summed E-state index contributed by atoms with van der Waals surface area (Å²) in [6.45, 7) is 4.11. The van der Waals surface area contributed by atoms with Crippen LogP contribution in [0.5, 0.6) is 0 Å². The Hall–Kier alpha value is -1.39. The first-order valence-corrected chi connectivity index (χ1v) is 4.28. The van der Waals surface area contributed by atoms with E-state index < -0.39 is 0 Å². The van der Waals surface area contributed by atoms with Crippen molar-refractivity contribution in [2.75, 3.05) is 6.54 Å². The molecule has 0 saturated carbocycles. The second kappa shape index (κ2) is 4.59. The van der Waals surface area contributed by atoms with Gasteiger partial charge in [0, 0.05) is 26.3 Å². The molecule has 1 heterocycles. The van der Waals surface area contributed by atoms with Crippen molar-refractivity contribution in [3.63, 3.8) is 0 Å². The van der Waals surface area contributed by atoms with E-state index in [0.29, 0.717) is 31.1 Å². The summed E-state index contributed by atoms with van der Waals surface area (Å²) in [4.78, 5) is 14.8. The molecule has 0 bridgehead atoms. The molecular weight excluding hydrogens is 170 g/mol. The lowest BCUT2D eigenvalue weighted by molar-refractivity contribution is -0.120. The van der Waals surface area contributed by atoms with Crippen molar-refractivity contribution >= 4 is 5.91 Å². The second-order valence-electron chi connectivity index (χ2n) is 2.68. The largest absolute Gasteiger partial charge is 0.356 e. The van der Waals surface area contributed by atoms with Crippen LogP contribution in [0.3, 0.4) is 0 Å². The summed E-state index contributed by atoms with van der Waals surface area (Å²) in [5, 5.41) is 6.43. The number of nitrogens with one attached hydrogen (secondary N) is 1. The molecule has 0 saturated heterocycles. The van der Waals surface area contributed by atoms with Gasteiger partial charge in [0.15, 0.2) is 5.82 Å². The summed E-state index contributed by atoms with van der Waals surface area (Å²) in [7, 11) is 0. The van der Waals surface area contributed by atoms with E-state index in [9.17, 15) is 4.79 Å². The molecule has 0 aliphatic heterocycles. The zero-order valence-corrected chi connectivity index (χ0v) is 7.83. The highest BCUT2D eigenvalue weighted by atomic mass is 16.5. The van der Waals surface area contributed by atoms with Gasteiger partial charge >= 0.3 is 0 Å². The van der Waals surface area contributed by atoms with Gasteiger partial charge in [0.05, 0.1) is 0 Å². The lowest BCUT2D eigenvalue weighted by Crippen LogP contribution is -2.24. The van der Waals surface area contributed by atoms with Crippen LogP contribution in [0.25, 0.3) is 0 Å². The van der Waals surface area contributed by atoms with Crippen molar-refractivity contribution < 1.29 is 9.32 Å². The summed E-state index contributed by atoms with van der Waals surface area (Å²) in [5.41, 5.74) is 0. The number of aryl methyl sites for hydroxylation is 1. The van der Waals surface area contributed by atoms with Crippen LogP contribution in [0.2, 0.25) is 0 Å². The van der Waals surface area contributed by atoms with Gasteiger partial charge in [-0.1, -0.05) is 12.1 Å². The van der Waals surface area contributed by atoms with Crippen LogP contribution in [0.4, 0.5) is 0 Å². The third-order valence-corrected chi connectivity index (χ3v) is 1.56. The Morgan fingerprint density at radius 3 is 2.92 bits per heavy atom. The highest BCUT2D eigenvalue weighted by Crippen LogP contribution is 1.94. The molecule has 5 nitrogen and oxygen atoms in total. The first-order valence-electron chi connectivity index (χ1n) is 4.28. The van der Waals surface area contributed by atoms with Gasteiger partial charge in [-0.15, -0.1) is 0 Å². The molecule has 0 aliphatic rings. The van der Waals surface area contributed by atoms with Gasteiger partial charge in [-0.2, -0.15) is 4.98 Å². The Balaban J connectivity index is 2.24. The second-order valence-corrected chi connectivity index (χ2v) is 2.68. The molecule has 0 unspecified atom stereocenters. The minimum absolute atomic E-state index is 0.0419. The molecule has 1 N–H and O–H groups in total. The third-order valence-electron chi connectivity index (χ3n) is 1.56. The number of amides is 1. The Bertz CT molecular complexity index is 283. The fourth-order valence-electron chi connectivity index (χ4n) is 0.882. The average Bonchev–Trinajstić information content (AvgIpc) is 2.51. The summed E-state index contributed by atoms with van der Waals surface area (Å²) >= 11 is 0. The van der Waals surface area contributed by atoms with Crippen LogP contribution in [0, 0.1) is 6.92 Å². The van der Waals surface area contributed by atoms with Gasteiger partial charge in [-0.3, -0.25) is 4.79 Å². The number of rotatable bonds is 4. The molecule has 0 spiro atoms. The Morgan fingerprint density at radius 2 is 2.38 bits per heavy atom. The number of carbonyl (C=O) groups excluding carboxylic acids is 1. The predicted molar refractivity (Wildman–Crippen MR) is 46.0 cm³/mol. The summed E-state index contributed by atoms with van der Waals surface area (Å²) in [6.07, 6.45) is 1.12. The van der Waals surface area contributed by atoms with Gasteiger partial charge in [-0.25, -0.2) is 0 Å². The third kappa shape index (κ3) is 3.23. The molecule has 0 aromatic carbocycles. The molecule has 0 aliphatic carbocycles. The van der Waals surface area contributed by atoms with Crippen molar-refractivity contribution in [1.82, 2.24) is 15.5 Å². The molecular formula is C8H13N3O2. The highest BCUT2D eigenvalue weighted by Gasteiger charge is 2.02. The number of aromatic nitrogens is 2. The Kier molecular flexibility index (Phi) is 3.42. The molecule has 0 atom stereocenters. The Morgan fingerprint density at radius 1 is 1.62 bits per heavy atom. The normalized spacial score (nSPS) is 10.0. The van der Waals surface area contributed by atoms with Gasteiger partial charge in [0.2, 0.25) is 11.8 Å². The fourth-order valence-corrected chi connectivity index (χ4v) is 0.882. The molecule has 5 heteroatoms. The van der Waals surface area contributed by atoms with Gasteiger partial charge in [-0.05, 0) is 0 Å². The summed E-state index contributed by atoms with van der Waals surface area (Å²) in [5.74, 6) is 1.23. The monoisotopic (exact) mass is 183 g/mol. The van der Waals surface area contributed by atoms with E-state index in [4.69, 9.17) is 4.52 Å². The fraction of sp³-hybridized carbons (Fsp3) is 0.625. The number of carbonyl (C=O) groups is 1. The van der Waals surface area contributed by atoms with Crippen molar-refractivity contribution in [3.05, 3.63) is 11.7 Å². The van der Waals surface area contributed by atoms with Crippen LogP contribution < -0.4 is 5.32 Å². The highest BCUT2D eigenvalue weighted by molar-refractivity contribution is 5.75. The summed E-state index contributed by atoms with van der Waals surface area (Å²) in [6, 6.07) is 0. The van der Waals surface area contributed by atoms with Crippen LogP contribution >= 0.6 is 0 Å². The molecule has 1 aromatic heterocycles. The smallest absolute Gasteiger partial charge is 0.223 e. The van der Waals surface area contributed by atoms with E-state index in [-0.39, 0.29) is 5.91 Å². The number of hydrogen-bond acceptors (Lipinski definition) is 4. The predicted octanol–water partition coefficient (Wildman–Crippen LogP) is 0.447. The average molecular weight is 183 g/mol. The van der Waals surface area contributed by atoms with Crippen molar-refractivity contribution in [2.24, 2.45) is 0 Å². The van der Waals surface area contributed by atoms with E-state index in [1.807, 2.05) is 6.92 Å². The number of hydrogen-bond donors (Lipinski definition) is 1. The van der Waals surface area contributed by atoms with Crippen LogP contribution in [0.15, 0.2) is 4.52 Å². The molecule has 1 amide bonds. The maximum atomic E-state index is 10.8. The lowest BCUT2D eigenvalue weighted by Gasteiger charge is -1.98. The first kappa shape index (κ1) is 9.70. The maximum absolute atomic E-state index is 10.8. The molecule has 1 rings (SSSR count). The summed E-state index contributed by atoms with van der Waals surface area (Å²) < 4.78 is 4.77. The Labute approximate surface area is 76.5 Å². The van der Waals surface area contributed by atoms with Crippen molar-refractivity contribution in [1.29, 1.82) is 0 Å². The van der Waals surface area contributed by atoms with E-state index in [1.54, 1.807) is 6.92 Å². The molecule has 1 aromatic rings. The maximum Gasteiger partial charge on any atom is 0.223 e. The quantitative estimate of drug-likeness (QED) is 0.735. The van der Waals surface area contributed by atoms with Crippen molar-refractivity contribution in [2.45, 2.75) is 26.7 Å². The van der Waals surface area contributed by atoms with E-state index in [0.717, 1.165) is 0 Å². The molecule has 72 valence electrons. The molecule has 0 fully saturated rings. The molecule has 13 heavy (non-hydrogen) atoms.